The number of nitrogens with one attached hydrogen (secondary N) is 1. The number of ether oxygens (including phenoxy) is 1. The molecule has 0 aromatic heterocycles. The fourth-order valence-corrected chi connectivity index (χ4v) is 2.71. The summed E-state index contributed by atoms with van der Waals surface area (Å²) in [6, 6.07) is 7.88. The van der Waals surface area contributed by atoms with E-state index in [0.717, 1.165) is 44.2 Å². The summed E-state index contributed by atoms with van der Waals surface area (Å²) in [7, 11) is 0. The van der Waals surface area contributed by atoms with Gasteiger partial charge in [0.25, 0.3) is 0 Å². The Morgan fingerprint density at radius 2 is 1.83 bits per heavy atom. The van der Waals surface area contributed by atoms with E-state index in [1.165, 1.54) is 0 Å². The van der Waals surface area contributed by atoms with Gasteiger partial charge in [-0.3, -0.25) is 4.79 Å². The fourth-order valence-electron chi connectivity index (χ4n) is 2.71. The van der Waals surface area contributed by atoms with E-state index in [0.29, 0.717) is 13.0 Å². The molecule has 2 rings (SSSR count). The van der Waals surface area contributed by atoms with Crippen molar-refractivity contribution in [1.29, 1.82) is 0 Å². The maximum absolute atomic E-state index is 12.2. The van der Waals surface area contributed by atoms with Crippen molar-refractivity contribution in [1.82, 2.24) is 9.80 Å². The molecule has 1 N–H and O–H groups in total. The second-order valence-corrected chi connectivity index (χ2v) is 6.18. The Balaban J connectivity index is 1.69. The van der Waals surface area contributed by atoms with E-state index in [-0.39, 0.29) is 12.0 Å². The van der Waals surface area contributed by atoms with Crippen molar-refractivity contribution >= 4 is 11.6 Å². The van der Waals surface area contributed by atoms with Crippen LogP contribution in [-0.2, 0) is 4.79 Å². The molecule has 5 heteroatoms. The van der Waals surface area contributed by atoms with Gasteiger partial charge < -0.3 is 19.9 Å². The minimum Gasteiger partial charge on any atom is -0.491 e. The Morgan fingerprint density at radius 1 is 1.17 bits per heavy atom. The summed E-state index contributed by atoms with van der Waals surface area (Å²) < 4.78 is 5.62. The minimum absolute atomic E-state index is 0.180. The van der Waals surface area contributed by atoms with Crippen LogP contribution in [0.2, 0.25) is 0 Å². The first-order chi connectivity index (χ1) is 11.1. The molecule has 1 amide bonds. The van der Waals surface area contributed by atoms with Crippen LogP contribution in [0, 0.1) is 0 Å². The number of nitrogens with zero attached hydrogens (tertiary/aromatic N) is 2. The Labute approximate surface area is 139 Å². The average Bonchev–Trinajstić information content (AvgIpc) is 2.56. The highest BCUT2D eigenvalue weighted by molar-refractivity contribution is 5.76. The monoisotopic (exact) mass is 319 g/mol. The smallest absolute Gasteiger partial charge is 0.224 e. The van der Waals surface area contributed by atoms with Gasteiger partial charge in [-0.1, -0.05) is 6.92 Å². The van der Waals surface area contributed by atoms with Crippen LogP contribution in [0.25, 0.3) is 0 Å². The Bertz CT molecular complexity index is 480. The van der Waals surface area contributed by atoms with Crippen molar-refractivity contribution in [2.24, 2.45) is 0 Å². The van der Waals surface area contributed by atoms with E-state index >= 15 is 0 Å². The number of amides is 1. The van der Waals surface area contributed by atoms with Crippen LogP contribution in [0.5, 0.6) is 5.75 Å². The van der Waals surface area contributed by atoms with Crippen LogP contribution in [0.4, 0.5) is 5.69 Å². The fraction of sp³-hybridized carbons (Fsp3) is 0.611. The summed E-state index contributed by atoms with van der Waals surface area (Å²) in [5.41, 5.74) is 1.02. The summed E-state index contributed by atoms with van der Waals surface area (Å²) in [4.78, 5) is 16.6. The number of hydrogen-bond donors (Lipinski definition) is 1. The maximum atomic E-state index is 12.2. The zero-order valence-corrected chi connectivity index (χ0v) is 14.5. The SMILES string of the molecule is CCN1CCN(C(=O)CCNc2ccc(OC(C)C)cc2)CC1. The second kappa shape index (κ2) is 8.77. The van der Waals surface area contributed by atoms with E-state index in [1.54, 1.807) is 0 Å². The molecule has 0 unspecified atom stereocenters. The van der Waals surface area contributed by atoms with Crippen LogP contribution in [0.1, 0.15) is 27.2 Å². The van der Waals surface area contributed by atoms with Gasteiger partial charge in [0.15, 0.2) is 0 Å². The third kappa shape index (κ3) is 5.75. The molecule has 0 aliphatic carbocycles. The molecule has 0 spiro atoms. The molecule has 1 aromatic carbocycles. The molecule has 1 aliphatic heterocycles. The van der Waals surface area contributed by atoms with Crippen LogP contribution in [0.3, 0.4) is 0 Å². The second-order valence-electron chi connectivity index (χ2n) is 6.18. The number of likely N-dealkylation sites (N-methyl/N-ethyl adjacent to an activating group) is 1. The molecule has 0 bridgehead atoms. The quantitative estimate of drug-likeness (QED) is 0.838. The summed E-state index contributed by atoms with van der Waals surface area (Å²) >= 11 is 0. The topological polar surface area (TPSA) is 44.8 Å². The third-order valence-corrected chi connectivity index (χ3v) is 4.07. The van der Waals surface area contributed by atoms with E-state index in [4.69, 9.17) is 4.74 Å². The Kier molecular flexibility index (Phi) is 6.71. The lowest BCUT2D eigenvalue weighted by atomic mass is 10.2. The zero-order chi connectivity index (χ0) is 16.7. The van der Waals surface area contributed by atoms with Crippen molar-refractivity contribution in [3.8, 4) is 5.75 Å². The van der Waals surface area contributed by atoms with Gasteiger partial charge in [0, 0.05) is 44.8 Å². The van der Waals surface area contributed by atoms with Crippen molar-refractivity contribution in [2.45, 2.75) is 33.3 Å². The van der Waals surface area contributed by atoms with Gasteiger partial charge in [0.1, 0.15) is 5.75 Å². The third-order valence-electron chi connectivity index (χ3n) is 4.07. The molecule has 1 aromatic rings. The largest absolute Gasteiger partial charge is 0.491 e. The molecule has 1 fully saturated rings. The van der Waals surface area contributed by atoms with E-state index in [2.05, 4.69) is 17.1 Å². The van der Waals surface area contributed by atoms with Gasteiger partial charge in [0.05, 0.1) is 6.10 Å². The van der Waals surface area contributed by atoms with Crippen molar-refractivity contribution < 1.29 is 9.53 Å². The number of piperazine rings is 1. The minimum atomic E-state index is 0.180. The normalized spacial score (nSPS) is 15.7. The van der Waals surface area contributed by atoms with E-state index < -0.39 is 0 Å². The van der Waals surface area contributed by atoms with E-state index in [1.807, 2.05) is 43.0 Å². The molecule has 0 radical (unpaired) electrons. The molecular formula is C18H29N3O2. The number of benzene rings is 1. The van der Waals surface area contributed by atoms with Gasteiger partial charge >= 0.3 is 0 Å². The number of anilines is 1. The first-order valence-electron chi connectivity index (χ1n) is 8.59. The summed E-state index contributed by atoms with van der Waals surface area (Å²) in [6.45, 7) is 11.6. The van der Waals surface area contributed by atoms with Gasteiger partial charge in [-0.05, 0) is 44.7 Å². The molecule has 23 heavy (non-hydrogen) atoms. The van der Waals surface area contributed by atoms with Crippen molar-refractivity contribution in [3.63, 3.8) is 0 Å². The van der Waals surface area contributed by atoms with Crippen LogP contribution < -0.4 is 10.1 Å². The van der Waals surface area contributed by atoms with Crippen LogP contribution in [0.15, 0.2) is 24.3 Å². The van der Waals surface area contributed by atoms with Crippen molar-refractivity contribution in [2.75, 3.05) is 44.6 Å². The highest BCUT2D eigenvalue weighted by Gasteiger charge is 2.19. The predicted molar refractivity (Wildman–Crippen MR) is 94.0 cm³/mol. The highest BCUT2D eigenvalue weighted by Crippen LogP contribution is 2.17. The highest BCUT2D eigenvalue weighted by atomic mass is 16.5. The van der Waals surface area contributed by atoms with Crippen molar-refractivity contribution in [3.05, 3.63) is 24.3 Å². The van der Waals surface area contributed by atoms with Crippen LogP contribution >= 0.6 is 0 Å². The summed E-state index contributed by atoms with van der Waals surface area (Å²) in [5.74, 6) is 1.11. The molecule has 1 aliphatic rings. The molecule has 5 nitrogen and oxygen atoms in total. The molecular weight excluding hydrogens is 290 g/mol. The van der Waals surface area contributed by atoms with Gasteiger partial charge in [0.2, 0.25) is 5.91 Å². The predicted octanol–water partition coefficient (Wildman–Crippen LogP) is 2.44. The lowest BCUT2D eigenvalue weighted by Crippen LogP contribution is -2.48. The Morgan fingerprint density at radius 3 is 2.39 bits per heavy atom. The molecule has 1 saturated heterocycles. The van der Waals surface area contributed by atoms with Gasteiger partial charge in [-0.15, -0.1) is 0 Å². The molecule has 1 heterocycles. The number of carbonyl (C=O) groups excluding carboxylic acids is 1. The standard InChI is InChI=1S/C18H29N3O2/c1-4-20-11-13-21(14-12-20)18(22)9-10-19-16-5-7-17(8-6-16)23-15(2)3/h5-8,15,19H,4,9-14H2,1-3H3. The Hall–Kier alpha value is -1.75. The summed E-state index contributed by atoms with van der Waals surface area (Å²) in [6.07, 6.45) is 0.718. The molecule has 128 valence electrons. The molecule has 0 atom stereocenters. The number of carbonyl (C=O) groups is 1. The average molecular weight is 319 g/mol. The number of hydrogen-bond acceptors (Lipinski definition) is 4. The van der Waals surface area contributed by atoms with E-state index in [9.17, 15) is 4.79 Å². The summed E-state index contributed by atoms with van der Waals surface area (Å²) in [5, 5.41) is 3.30. The zero-order valence-electron chi connectivity index (χ0n) is 14.5. The van der Waals surface area contributed by atoms with Gasteiger partial charge in [-0.2, -0.15) is 0 Å². The lowest BCUT2D eigenvalue weighted by molar-refractivity contribution is -0.132. The first kappa shape index (κ1) is 17.6. The van der Waals surface area contributed by atoms with Gasteiger partial charge in [-0.25, -0.2) is 0 Å². The van der Waals surface area contributed by atoms with Crippen LogP contribution in [-0.4, -0.2) is 61.1 Å². The maximum Gasteiger partial charge on any atom is 0.224 e. The lowest BCUT2D eigenvalue weighted by Gasteiger charge is -2.34. The first-order valence-corrected chi connectivity index (χ1v) is 8.59. The number of rotatable bonds is 7. The molecule has 0 saturated carbocycles.